The molecule has 1 aromatic rings. The number of halogens is 2. The van der Waals surface area contributed by atoms with E-state index in [1.54, 1.807) is 18.2 Å². The maximum absolute atomic E-state index is 14.1. The Hall–Kier alpha value is -0.680. The van der Waals surface area contributed by atoms with Gasteiger partial charge in [0, 0.05) is 12.0 Å². The highest BCUT2D eigenvalue weighted by atomic mass is 35.5. The van der Waals surface area contributed by atoms with Crippen LogP contribution in [0.5, 0.6) is 0 Å². The number of rotatable bonds is 4. The summed E-state index contributed by atoms with van der Waals surface area (Å²) in [5.74, 6) is 5.56. The summed E-state index contributed by atoms with van der Waals surface area (Å²) < 4.78 is 20.2. The summed E-state index contributed by atoms with van der Waals surface area (Å²) in [6, 6.07) is 4.99. The second-order valence-corrected chi connectivity index (χ2v) is 7.37. The van der Waals surface area contributed by atoms with E-state index in [0.717, 1.165) is 6.42 Å². The molecule has 0 radical (unpaired) electrons. The molecule has 21 heavy (non-hydrogen) atoms. The smallest absolute Gasteiger partial charge is 0.145 e. The summed E-state index contributed by atoms with van der Waals surface area (Å²) in [6.07, 6.45) is 1.35. The van der Waals surface area contributed by atoms with E-state index < -0.39 is 0 Å². The molecule has 1 aliphatic rings. The third kappa shape index (κ3) is 3.57. The number of hydrogen-bond donors (Lipinski definition) is 2. The van der Waals surface area contributed by atoms with Crippen molar-refractivity contribution in [3.63, 3.8) is 0 Å². The Balaban J connectivity index is 2.23. The second-order valence-electron chi connectivity index (χ2n) is 6.97. The van der Waals surface area contributed by atoms with Crippen molar-refractivity contribution in [3.05, 3.63) is 34.6 Å². The summed E-state index contributed by atoms with van der Waals surface area (Å²) >= 11 is 5.85. The van der Waals surface area contributed by atoms with Gasteiger partial charge in [-0.15, -0.1) is 0 Å². The van der Waals surface area contributed by atoms with Crippen molar-refractivity contribution in [1.82, 2.24) is 5.43 Å². The predicted molar refractivity (Wildman–Crippen MR) is 83.6 cm³/mol. The molecule has 0 aliphatic carbocycles. The van der Waals surface area contributed by atoms with E-state index in [0.29, 0.717) is 12.0 Å². The van der Waals surface area contributed by atoms with Gasteiger partial charge in [-0.3, -0.25) is 11.3 Å². The molecular weight excluding hydrogens is 291 g/mol. The van der Waals surface area contributed by atoms with Crippen molar-refractivity contribution in [2.45, 2.75) is 57.8 Å². The van der Waals surface area contributed by atoms with Crippen LogP contribution in [0.2, 0.25) is 5.02 Å². The average Bonchev–Trinajstić information content (AvgIpc) is 2.59. The highest BCUT2D eigenvalue weighted by Gasteiger charge is 2.48. The minimum atomic E-state index is -0.365. The lowest BCUT2D eigenvalue weighted by molar-refractivity contribution is -0.0776. The molecule has 1 heterocycles. The number of ether oxygens (including phenoxy) is 1. The summed E-state index contributed by atoms with van der Waals surface area (Å²) in [5, 5.41) is 0.144. The first-order valence-corrected chi connectivity index (χ1v) is 7.63. The Morgan fingerprint density at radius 3 is 2.62 bits per heavy atom. The van der Waals surface area contributed by atoms with Gasteiger partial charge in [0.2, 0.25) is 0 Å². The lowest BCUT2D eigenvalue weighted by atomic mass is 9.79. The fourth-order valence-electron chi connectivity index (χ4n) is 3.49. The molecule has 5 heteroatoms. The van der Waals surface area contributed by atoms with Gasteiger partial charge in [-0.2, -0.15) is 0 Å². The number of nitrogens with two attached hydrogens (primary N) is 1. The first-order chi connectivity index (χ1) is 9.66. The Bertz CT molecular complexity index is 519. The summed E-state index contributed by atoms with van der Waals surface area (Å²) in [4.78, 5) is 0. The van der Waals surface area contributed by atoms with Gasteiger partial charge in [-0.25, -0.2) is 4.39 Å². The molecule has 2 atom stereocenters. The van der Waals surface area contributed by atoms with Gasteiger partial charge in [0.05, 0.1) is 16.2 Å². The van der Waals surface area contributed by atoms with E-state index in [1.807, 2.05) is 0 Å². The first kappa shape index (κ1) is 16.7. The highest BCUT2D eigenvalue weighted by Crippen LogP contribution is 2.44. The molecule has 0 aromatic heterocycles. The van der Waals surface area contributed by atoms with Gasteiger partial charge >= 0.3 is 0 Å². The molecule has 1 aromatic carbocycles. The van der Waals surface area contributed by atoms with Crippen molar-refractivity contribution < 1.29 is 9.13 Å². The van der Waals surface area contributed by atoms with Crippen molar-refractivity contribution in [3.8, 4) is 0 Å². The molecule has 1 aliphatic heterocycles. The minimum absolute atomic E-state index is 0.0743. The van der Waals surface area contributed by atoms with Crippen molar-refractivity contribution >= 4 is 11.6 Å². The van der Waals surface area contributed by atoms with Crippen LogP contribution in [-0.2, 0) is 11.2 Å². The van der Waals surface area contributed by atoms with E-state index >= 15 is 0 Å². The number of hydrogen-bond acceptors (Lipinski definition) is 3. The standard InChI is InChI=1S/C16H24ClFN2O/c1-15(2)9-11(16(3,4)21-15)13(20-19)8-10-6-5-7-12(17)14(10)18/h5-7,11,13,20H,8-9,19H2,1-4H3. The maximum Gasteiger partial charge on any atom is 0.145 e. The molecule has 0 spiro atoms. The molecule has 2 unspecified atom stereocenters. The summed E-state index contributed by atoms with van der Waals surface area (Å²) in [6.45, 7) is 8.26. The molecule has 118 valence electrons. The molecule has 3 nitrogen and oxygen atoms in total. The van der Waals surface area contributed by atoms with Crippen LogP contribution in [0.15, 0.2) is 18.2 Å². The van der Waals surface area contributed by atoms with Gasteiger partial charge in [0.25, 0.3) is 0 Å². The zero-order valence-corrected chi connectivity index (χ0v) is 13.8. The number of nitrogens with one attached hydrogen (secondary N) is 1. The summed E-state index contributed by atoms with van der Waals surface area (Å²) in [7, 11) is 0. The summed E-state index contributed by atoms with van der Waals surface area (Å²) in [5.41, 5.74) is 2.91. The molecule has 1 fully saturated rings. The van der Waals surface area contributed by atoms with Crippen molar-refractivity contribution in [1.29, 1.82) is 0 Å². The quantitative estimate of drug-likeness (QED) is 0.661. The Labute approximate surface area is 131 Å². The van der Waals surface area contributed by atoms with Gasteiger partial charge in [-0.1, -0.05) is 23.7 Å². The highest BCUT2D eigenvalue weighted by molar-refractivity contribution is 6.30. The SMILES string of the molecule is CC1(C)CC(C(Cc2cccc(Cl)c2F)NN)C(C)(C)O1. The van der Waals surface area contributed by atoms with Crippen LogP contribution in [-0.4, -0.2) is 17.2 Å². The van der Waals surface area contributed by atoms with Crippen LogP contribution < -0.4 is 11.3 Å². The lowest BCUT2D eigenvalue weighted by Crippen LogP contribution is -2.48. The predicted octanol–water partition coefficient (Wildman–Crippen LogP) is 3.45. The largest absolute Gasteiger partial charge is 0.369 e. The van der Waals surface area contributed by atoms with E-state index in [9.17, 15) is 4.39 Å². The Morgan fingerprint density at radius 1 is 1.43 bits per heavy atom. The zero-order valence-electron chi connectivity index (χ0n) is 13.0. The fraction of sp³-hybridized carbons (Fsp3) is 0.625. The first-order valence-electron chi connectivity index (χ1n) is 7.25. The van der Waals surface area contributed by atoms with Crippen LogP contribution in [0.25, 0.3) is 0 Å². The number of hydrazine groups is 1. The van der Waals surface area contributed by atoms with E-state index in [-0.39, 0.29) is 34.0 Å². The fourth-order valence-corrected chi connectivity index (χ4v) is 3.69. The number of benzene rings is 1. The second kappa shape index (κ2) is 5.84. The van der Waals surface area contributed by atoms with Crippen LogP contribution in [0, 0.1) is 11.7 Å². The van der Waals surface area contributed by atoms with Gasteiger partial charge in [-0.05, 0) is 52.2 Å². The van der Waals surface area contributed by atoms with Crippen LogP contribution >= 0.6 is 11.6 Å². The minimum Gasteiger partial charge on any atom is -0.369 e. The van der Waals surface area contributed by atoms with Gasteiger partial charge in [0.1, 0.15) is 5.82 Å². The van der Waals surface area contributed by atoms with Crippen molar-refractivity contribution in [2.75, 3.05) is 0 Å². The molecule has 0 amide bonds. The van der Waals surface area contributed by atoms with Crippen LogP contribution in [0.3, 0.4) is 0 Å². The van der Waals surface area contributed by atoms with Gasteiger partial charge < -0.3 is 4.74 Å². The molecule has 0 saturated carbocycles. The van der Waals surface area contributed by atoms with E-state index in [1.165, 1.54) is 0 Å². The average molecular weight is 315 g/mol. The third-order valence-electron chi connectivity index (χ3n) is 4.31. The topological polar surface area (TPSA) is 47.3 Å². The van der Waals surface area contributed by atoms with Crippen LogP contribution in [0.4, 0.5) is 4.39 Å². The molecule has 0 bridgehead atoms. The van der Waals surface area contributed by atoms with Crippen molar-refractivity contribution in [2.24, 2.45) is 11.8 Å². The molecular formula is C16H24ClFN2O. The Morgan fingerprint density at radius 2 is 2.10 bits per heavy atom. The van der Waals surface area contributed by atoms with E-state index in [4.69, 9.17) is 22.2 Å². The molecule has 2 rings (SSSR count). The van der Waals surface area contributed by atoms with E-state index in [2.05, 4.69) is 33.1 Å². The lowest BCUT2D eigenvalue weighted by Gasteiger charge is -2.32. The maximum atomic E-state index is 14.1. The molecule has 1 saturated heterocycles. The normalized spacial score (nSPS) is 25.0. The zero-order chi connectivity index (χ0) is 15.8. The Kier molecular flexibility index (Phi) is 4.64. The monoisotopic (exact) mass is 314 g/mol. The molecule has 3 N–H and O–H groups in total. The third-order valence-corrected chi connectivity index (χ3v) is 4.61. The van der Waals surface area contributed by atoms with Crippen LogP contribution in [0.1, 0.15) is 39.7 Å². The van der Waals surface area contributed by atoms with Gasteiger partial charge in [0.15, 0.2) is 0 Å².